The Morgan fingerprint density at radius 2 is 1.10 bits per heavy atom. The Kier molecular flexibility index (Phi) is 8.49. The summed E-state index contributed by atoms with van der Waals surface area (Å²) in [6.07, 6.45) is 0. The second kappa shape index (κ2) is 7.88. The van der Waals surface area contributed by atoms with E-state index in [2.05, 4.69) is 0 Å². The van der Waals surface area contributed by atoms with Gasteiger partial charge in [-0.2, -0.15) is 0 Å². The van der Waals surface area contributed by atoms with Gasteiger partial charge in [0.05, 0.1) is 0 Å². The third-order valence-corrected chi connectivity index (χ3v) is 6.17. The third-order valence-electron chi connectivity index (χ3n) is 0.704. The van der Waals surface area contributed by atoms with Gasteiger partial charge < -0.3 is 0 Å². The first-order valence-electron chi connectivity index (χ1n) is 3.54. The third kappa shape index (κ3) is 5.55. The molecule has 0 amide bonds. The van der Waals surface area contributed by atoms with Gasteiger partial charge in [-0.05, 0) is 0 Å². The quantitative estimate of drug-likeness (QED) is 0.713. The molecule has 0 aliphatic heterocycles. The molecule has 0 bridgehead atoms. The Balaban J connectivity index is 3.30. The SMILES string of the molecule is CC[O][PoH]([O]CC)[O]CC. The molecule has 3 nitrogen and oxygen atoms in total. The summed E-state index contributed by atoms with van der Waals surface area (Å²) >= 11 is -2.32. The van der Waals surface area contributed by atoms with Gasteiger partial charge >= 0.3 is 72.3 Å². The van der Waals surface area contributed by atoms with E-state index in [1.807, 2.05) is 20.8 Å². The van der Waals surface area contributed by atoms with E-state index in [0.717, 1.165) is 0 Å². The minimum atomic E-state index is -2.32. The maximum absolute atomic E-state index is 5.28. The van der Waals surface area contributed by atoms with E-state index in [0.29, 0.717) is 19.8 Å². The van der Waals surface area contributed by atoms with Crippen LogP contribution in [0.3, 0.4) is 0 Å². The summed E-state index contributed by atoms with van der Waals surface area (Å²) in [4.78, 5) is 0. The van der Waals surface area contributed by atoms with Crippen LogP contribution < -0.4 is 0 Å². The van der Waals surface area contributed by atoms with Crippen molar-refractivity contribution in [2.75, 3.05) is 19.8 Å². The van der Waals surface area contributed by atoms with Crippen molar-refractivity contribution in [3.63, 3.8) is 0 Å². The normalized spacial score (nSPS) is 11.7. The van der Waals surface area contributed by atoms with Crippen molar-refractivity contribution in [1.29, 1.82) is 0 Å². The molecule has 0 N–H and O–H groups in total. The van der Waals surface area contributed by atoms with Crippen LogP contribution in [-0.2, 0) is 8.31 Å². The zero-order valence-corrected chi connectivity index (χ0v) is 10.3. The van der Waals surface area contributed by atoms with E-state index in [1.54, 1.807) is 0 Å². The zero-order chi connectivity index (χ0) is 7.82. The Morgan fingerprint density at radius 3 is 1.30 bits per heavy atom. The molecule has 10 heavy (non-hydrogen) atoms. The molecule has 0 radical (unpaired) electrons. The van der Waals surface area contributed by atoms with Crippen molar-refractivity contribution in [2.45, 2.75) is 20.8 Å². The van der Waals surface area contributed by atoms with E-state index < -0.39 is 23.4 Å². The monoisotopic (exact) mass is 345 g/mol. The Labute approximate surface area is 72.4 Å². The van der Waals surface area contributed by atoms with E-state index >= 15 is 0 Å². The molecule has 0 atom stereocenters. The minimum absolute atomic E-state index is 0.706. The molecule has 0 aromatic heterocycles. The van der Waals surface area contributed by atoms with Gasteiger partial charge in [-0.1, -0.05) is 0 Å². The fraction of sp³-hybridized carbons (Fsp3) is 1.00. The molecule has 0 saturated heterocycles. The zero-order valence-electron chi connectivity index (χ0n) is 6.79. The van der Waals surface area contributed by atoms with Gasteiger partial charge in [0.1, 0.15) is 0 Å². The molecular weight excluding hydrogens is 329 g/mol. The van der Waals surface area contributed by atoms with Crippen LogP contribution in [0.1, 0.15) is 20.8 Å². The van der Waals surface area contributed by atoms with Gasteiger partial charge in [-0.15, -0.1) is 0 Å². The molecule has 0 spiro atoms. The van der Waals surface area contributed by atoms with Gasteiger partial charge in [0.15, 0.2) is 0 Å². The van der Waals surface area contributed by atoms with Gasteiger partial charge in [-0.3, -0.25) is 0 Å². The van der Waals surface area contributed by atoms with Gasteiger partial charge in [0.25, 0.3) is 0 Å². The first kappa shape index (κ1) is 10.8. The van der Waals surface area contributed by atoms with Crippen molar-refractivity contribution < 1.29 is 8.31 Å². The first-order valence-corrected chi connectivity index (χ1v) is 7.79. The van der Waals surface area contributed by atoms with Crippen molar-refractivity contribution >= 4 is 23.4 Å². The predicted octanol–water partition coefficient (Wildman–Crippen LogP) is 0.813. The summed E-state index contributed by atoms with van der Waals surface area (Å²) in [7, 11) is 0. The molecule has 64 valence electrons. The number of hydrogen-bond donors (Lipinski definition) is 0. The van der Waals surface area contributed by atoms with Crippen LogP contribution in [0.2, 0.25) is 0 Å². The van der Waals surface area contributed by atoms with Crippen molar-refractivity contribution in [1.82, 2.24) is 0 Å². The molecule has 0 aliphatic carbocycles. The van der Waals surface area contributed by atoms with Crippen LogP contribution in [0.15, 0.2) is 0 Å². The van der Waals surface area contributed by atoms with Crippen LogP contribution in [0.4, 0.5) is 0 Å². The first-order chi connectivity index (χ1) is 4.85. The molecule has 4 heteroatoms. The molecule has 0 aliphatic rings. The topological polar surface area (TPSA) is 27.7 Å². The molecular formula is C6H16O3Po. The van der Waals surface area contributed by atoms with E-state index in [1.165, 1.54) is 0 Å². The van der Waals surface area contributed by atoms with Crippen LogP contribution in [0, 0.1) is 0 Å². The summed E-state index contributed by atoms with van der Waals surface area (Å²) < 4.78 is 15.8. The summed E-state index contributed by atoms with van der Waals surface area (Å²) in [6.45, 7) is 7.99. The standard InChI is InChI=1S/3C2H5O.Po.H/c3*1-2-3;;/h3*2H2,1H3;;/q3*-1;+3;. The van der Waals surface area contributed by atoms with Crippen LogP contribution >= 0.6 is 0 Å². The number of rotatable bonds is 6. The van der Waals surface area contributed by atoms with Gasteiger partial charge in [0, 0.05) is 0 Å². The van der Waals surface area contributed by atoms with E-state index in [9.17, 15) is 0 Å². The molecule has 0 aromatic rings. The fourth-order valence-corrected chi connectivity index (χ4v) is 3.76. The van der Waals surface area contributed by atoms with Crippen LogP contribution in [-0.4, -0.2) is 43.2 Å². The maximum atomic E-state index is 5.28. The molecule has 0 fully saturated rings. The van der Waals surface area contributed by atoms with Crippen LogP contribution in [0.25, 0.3) is 0 Å². The Bertz CT molecular complexity index is 55.7. The Morgan fingerprint density at radius 1 is 0.800 bits per heavy atom. The average Bonchev–Trinajstić information content (AvgIpc) is 1.90. The van der Waals surface area contributed by atoms with Crippen molar-refractivity contribution in [3.05, 3.63) is 0 Å². The molecule has 0 saturated carbocycles. The van der Waals surface area contributed by atoms with Gasteiger partial charge in [-0.25, -0.2) is 0 Å². The molecule has 0 rings (SSSR count). The van der Waals surface area contributed by atoms with Crippen molar-refractivity contribution in [2.24, 2.45) is 0 Å². The number of hydrogen-bond acceptors (Lipinski definition) is 3. The molecule has 0 heterocycles. The summed E-state index contributed by atoms with van der Waals surface area (Å²) in [5.74, 6) is 0. The summed E-state index contributed by atoms with van der Waals surface area (Å²) in [5.41, 5.74) is 0. The summed E-state index contributed by atoms with van der Waals surface area (Å²) in [5, 5.41) is 0. The van der Waals surface area contributed by atoms with Crippen LogP contribution in [0.5, 0.6) is 0 Å². The second-order valence-corrected chi connectivity index (χ2v) is 6.23. The van der Waals surface area contributed by atoms with Gasteiger partial charge in [0.2, 0.25) is 0 Å². The van der Waals surface area contributed by atoms with E-state index in [-0.39, 0.29) is 0 Å². The van der Waals surface area contributed by atoms with E-state index in [4.69, 9.17) is 8.31 Å². The molecule has 0 unspecified atom stereocenters. The Hall–Kier alpha value is 0.776. The van der Waals surface area contributed by atoms with Crippen molar-refractivity contribution in [3.8, 4) is 0 Å². The molecule has 0 aromatic carbocycles. The predicted molar refractivity (Wildman–Crippen MR) is 42.0 cm³/mol. The fourth-order valence-electron chi connectivity index (χ4n) is 0.428. The second-order valence-electron chi connectivity index (χ2n) is 1.48. The average molecular weight is 345 g/mol. The summed E-state index contributed by atoms with van der Waals surface area (Å²) in [6, 6.07) is 0.